The van der Waals surface area contributed by atoms with E-state index in [4.69, 9.17) is 0 Å². The molecule has 0 aliphatic carbocycles. The fraction of sp³-hybridized carbons (Fsp3) is 0.0588. The van der Waals surface area contributed by atoms with Crippen LogP contribution in [0.5, 0.6) is 5.75 Å². The van der Waals surface area contributed by atoms with Crippen molar-refractivity contribution in [3.63, 3.8) is 0 Å². The van der Waals surface area contributed by atoms with Gasteiger partial charge in [0.25, 0.3) is 0 Å². The summed E-state index contributed by atoms with van der Waals surface area (Å²) in [5, 5.41) is 13.0. The molecule has 2 nitrogen and oxygen atoms in total. The molecule has 0 atom stereocenters. The summed E-state index contributed by atoms with van der Waals surface area (Å²) in [4.78, 5) is 0. The quantitative estimate of drug-likeness (QED) is 0.608. The van der Waals surface area contributed by atoms with Crippen molar-refractivity contribution in [2.45, 2.75) is 6.92 Å². The molecule has 0 amide bonds. The molecule has 0 unspecified atom stereocenters. The largest absolute Gasteiger partial charge is 0.506 e. The Morgan fingerprint density at radius 3 is 2.37 bits per heavy atom. The van der Waals surface area contributed by atoms with Gasteiger partial charge in [0.05, 0.1) is 5.69 Å². The van der Waals surface area contributed by atoms with Crippen molar-refractivity contribution in [3.8, 4) is 5.75 Å². The van der Waals surface area contributed by atoms with Gasteiger partial charge in [0.2, 0.25) is 0 Å². The van der Waals surface area contributed by atoms with Gasteiger partial charge in [-0.3, -0.25) is 0 Å². The minimum atomic E-state index is 0.231. The lowest BCUT2D eigenvalue weighted by atomic mass is 10.0. The van der Waals surface area contributed by atoms with Crippen LogP contribution in [0, 0.1) is 0 Å². The topological polar surface area (TPSA) is 32.3 Å². The number of phenols is 1. The molecule has 2 aromatic carbocycles. The zero-order chi connectivity index (χ0) is 13.7. The summed E-state index contributed by atoms with van der Waals surface area (Å²) in [6.45, 7) is 6.01. The van der Waals surface area contributed by atoms with E-state index in [9.17, 15) is 5.11 Å². The number of benzene rings is 2. The van der Waals surface area contributed by atoms with Gasteiger partial charge in [-0.15, -0.1) is 0 Å². The second-order valence-electron chi connectivity index (χ2n) is 4.21. The Hall–Kier alpha value is -2.48. The van der Waals surface area contributed by atoms with Crippen LogP contribution in [0.4, 0.5) is 11.4 Å². The monoisotopic (exact) mass is 251 g/mol. The average molecular weight is 251 g/mol. The molecule has 0 radical (unpaired) electrons. The first-order valence-electron chi connectivity index (χ1n) is 6.18. The van der Waals surface area contributed by atoms with Gasteiger partial charge in [0.1, 0.15) is 5.75 Å². The van der Waals surface area contributed by atoms with Crippen LogP contribution in [-0.4, -0.2) is 5.11 Å². The van der Waals surface area contributed by atoms with Crippen molar-refractivity contribution in [2.75, 3.05) is 5.32 Å². The summed E-state index contributed by atoms with van der Waals surface area (Å²) < 4.78 is 0. The predicted molar refractivity (Wildman–Crippen MR) is 81.7 cm³/mol. The van der Waals surface area contributed by atoms with Crippen molar-refractivity contribution in [1.82, 2.24) is 0 Å². The van der Waals surface area contributed by atoms with Crippen LogP contribution in [0.1, 0.15) is 12.5 Å². The van der Waals surface area contributed by atoms with Gasteiger partial charge in [-0.05, 0) is 30.7 Å². The van der Waals surface area contributed by atoms with Crippen molar-refractivity contribution >= 4 is 16.9 Å². The van der Waals surface area contributed by atoms with Gasteiger partial charge in [-0.1, -0.05) is 49.1 Å². The Labute approximate surface area is 113 Å². The highest BCUT2D eigenvalue weighted by molar-refractivity contribution is 5.83. The molecule has 2 aromatic rings. The van der Waals surface area contributed by atoms with E-state index in [1.54, 1.807) is 12.1 Å². The normalized spacial score (nSPS) is 10.6. The fourth-order valence-corrected chi connectivity index (χ4v) is 1.89. The standard InChI is InChI=1S/C17H17NO/c1-3-8-13(2)14-9-4-5-10-15(14)18-16-11-6-7-12-17(16)19/h3-12,18-19H,2H2,1H3/b8-3-. The lowest BCUT2D eigenvalue weighted by Gasteiger charge is -2.13. The minimum Gasteiger partial charge on any atom is -0.506 e. The van der Waals surface area contributed by atoms with E-state index in [0.717, 1.165) is 16.8 Å². The van der Waals surface area contributed by atoms with Crippen molar-refractivity contribution in [3.05, 3.63) is 72.8 Å². The first-order chi connectivity index (χ1) is 9.22. The van der Waals surface area contributed by atoms with Crippen LogP contribution >= 0.6 is 0 Å². The molecular weight excluding hydrogens is 234 g/mol. The van der Waals surface area contributed by atoms with Gasteiger partial charge in [0, 0.05) is 11.3 Å². The van der Waals surface area contributed by atoms with E-state index in [1.165, 1.54) is 0 Å². The Morgan fingerprint density at radius 2 is 1.68 bits per heavy atom. The maximum Gasteiger partial charge on any atom is 0.139 e. The summed E-state index contributed by atoms with van der Waals surface area (Å²) in [6.07, 6.45) is 3.92. The third kappa shape index (κ3) is 3.05. The van der Waals surface area contributed by atoms with Crippen LogP contribution in [0.25, 0.3) is 5.57 Å². The molecule has 2 N–H and O–H groups in total. The van der Waals surface area contributed by atoms with Crippen LogP contribution in [0.3, 0.4) is 0 Å². The van der Waals surface area contributed by atoms with Gasteiger partial charge in [0.15, 0.2) is 0 Å². The van der Waals surface area contributed by atoms with Crippen LogP contribution in [0.2, 0.25) is 0 Å². The Balaban J connectivity index is 2.36. The van der Waals surface area contributed by atoms with E-state index < -0.39 is 0 Å². The molecule has 0 saturated carbocycles. The van der Waals surface area contributed by atoms with E-state index in [1.807, 2.05) is 55.5 Å². The van der Waals surface area contributed by atoms with Crippen molar-refractivity contribution < 1.29 is 5.11 Å². The number of phenolic OH excluding ortho intramolecular Hbond substituents is 1. The molecule has 0 fully saturated rings. The smallest absolute Gasteiger partial charge is 0.139 e. The average Bonchev–Trinajstić information content (AvgIpc) is 2.42. The minimum absolute atomic E-state index is 0.231. The maximum absolute atomic E-state index is 9.81. The fourth-order valence-electron chi connectivity index (χ4n) is 1.89. The summed E-state index contributed by atoms with van der Waals surface area (Å²) in [6, 6.07) is 15.1. The lowest BCUT2D eigenvalue weighted by molar-refractivity contribution is 0.478. The van der Waals surface area contributed by atoms with Crippen LogP contribution in [0.15, 0.2) is 67.3 Å². The Morgan fingerprint density at radius 1 is 1.05 bits per heavy atom. The van der Waals surface area contributed by atoms with Gasteiger partial charge < -0.3 is 10.4 Å². The number of allylic oxidation sites excluding steroid dienone is 3. The lowest BCUT2D eigenvalue weighted by Crippen LogP contribution is -1.94. The summed E-state index contributed by atoms with van der Waals surface area (Å²) >= 11 is 0. The summed E-state index contributed by atoms with van der Waals surface area (Å²) in [7, 11) is 0. The molecule has 0 bridgehead atoms. The molecule has 0 aliphatic heterocycles. The number of rotatable bonds is 4. The highest BCUT2D eigenvalue weighted by Gasteiger charge is 2.05. The number of para-hydroxylation sites is 3. The highest BCUT2D eigenvalue weighted by Crippen LogP contribution is 2.30. The summed E-state index contributed by atoms with van der Waals surface area (Å²) in [5.74, 6) is 0.231. The first kappa shape index (κ1) is 13.0. The molecule has 0 heterocycles. The second-order valence-corrected chi connectivity index (χ2v) is 4.21. The van der Waals surface area contributed by atoms with Crippen LogP contribution < -0.4 is 5.32 Å². The third-order valence-corrected chi connectivity index (χ3v) is 2.81. The van der Waals surface area contributed by atoms with E-state index >= 15 is 0 Å². The number of anilines is 2. The number of hydrogen-bond acceptors (Lipinski definition) is 2. The van der Waals surface area contributed by atoms with E-state index in [0.29, 0.717) is 5.69 Å². The molecule has 2 heteroatoms. The number of aromatic hydroxyl groups is 1. The molecule has 19 heavy (non-hydrogen) atoms. The molecule has 0 aromatic heterocycles. The molecule has 0 spiro atoms. The molecular formula is C17H17NO. The summed E-state index contributed by atoms with van der Waals surface area (Å²) in [5.41, 5.74) is 3.56. The zero-order valence-electron chi connectivity index (χ0n) is 10.9. The second kappa shape index (κ2) is 5.91. The Bertz CT molecular complexity index is 614. The number of hydrogen-bond donors (Lipinski definition) is 2. The van der Waals surface area contributed by atoms with Crippen molar-refractivity contribution in [1.29, 1.82) is 0 Å². The number of nitrogens with one attached hydrogen (secondary N) is 1. The molecule has 2 rings (SSSR count). The molecule has 0 saturated heterocycles. The van der Waals surface area contributed by atoms with Gasteiger partial charge in [-0.2, -0.15) is 0 Å². The first-order valence-corrected chi connectivity index (χ1v) is 6.18. The zero-order valence-corrected chi connectivity index (χ0v) is 10.9. The third-order valence-electron chi connectivity index (χ3n) is 2.81. The van der Waals surface area contributed by atoms with Gasteiger partial charge in [-0.25, -0.2) is 0 Å². The van der Waals surface area contributed by atoms with E-state index in [2.05, 4.69) is 11.9 Å². The highest BCUT2D eigenvalue weighted by atomic mass is 16.3. The predicted octanol–water partition coefficient (Wildman–Crippen LogP) is 4.73. The Kier molecular flexibility index (Phi) is 4.04. The van der Waals surface area contributed by atoms with E-state index in [-0.39, 0.29) is 5.75 Å². The molecule has 96 valence electrons. The maximum atomic E-state index is 9.81. The van der Waals surface area contributed by atoms with Gasteiger partial charge >= 0.3 is 0 Å². The van der Waals surface area contributed by atoms with Crippen molar-refractivity contribution in [2.24, 2.45) is 0 Å². The molecule has 0 aliphatic rings. The SMILES string of the molecule is C=C(/C=C\C)c1ccccc1Nc1ccccc1O. The van der Waals surface area contributed by atoms with Crippen LogP contribution in [-0.2, 0) is 0 Å².